The van der Waals surface area contributed by atoms with Crippen molar-refractivity contribution in [1.29, 1.82) is 0 Å². The zero-order valence-electron chi connectivity index (χ0n) is 20.4. The number of thiocarbonyl (C=S) groups is 1. The van der Waals surface area contributed by atoms with Crippen molar-refractivity contribution in [3.05, 3.63) is 107 Å². The van der Waals surface area contributed by atoms with E-state index in [4.69, 9.17) is 28.6 Å². The smallest absolute Gasteiger partial charge is 0.338 e. The molecule has 0 spiro atoms. The normalized spacial score (nSPS) is 16.3. The Labute approximate surface area is 222 Å². The highest BCUT2D eigenvalue weighted by molar-refractivity contribution is 7.80. The van der Waals surface area contributed by atoms with Gasteiger partial charge in [0, 0.05) is 35.4 Å². The molecule has 36 heavy (non-hydrogen) atoms. The summed E-state index contributed by atoms with van der Waals surface area (Å²) in [6.45, 7) is 1.99. The van der Waals surface area contributed by atoms with Crippen LogP contribution in [0.3, 0.4) is 0 Å². The molecule has 0 bridgehead atoms. The molecule has 3 aromatic rings. The Bertz CT molecular complexity index is 1290. The van der Waals surface area contributed by atoms with Gasteiger partial charge in [-0.2, -0.15) is 0 Å². The Hall–Kier alpha value is -2.92. The molecular formula is C28H28ClN2O3PS. The van der Waals surface area contributed by atoms with Gasteiger partial charge in [-0.3, -0.25) is 0 Å². The molecule has 0 aliphatic carbocycles. The van der Waals surface area contributed by atoms with Crippen LogP contribution >= 0.6 is 31.0 Å². The molecule has 1 aliphatic heterocycles. The third-order valence-corrected chi connectivity index (χ3v) is 10.2. The van der Waals surface area contributed by atoms with Gasteiger partial charge in [0.15, 0.2) is 5.11 Å². The van der Waals surface area contributed by atoms with Crippen molar-refractivity contribution < 1.29 is 14.1 Å². The fourth-order valence-electron chi connectivity index (χ4n) is 4.54. The van der Waals surface area contributed by atoms with Gasteiger partial charge in [0.05, 0.1) is 24.4 Å². The fraction of sp³-hybridized carbons (Fsp3) is 0.214. The van der Waals surface area contributed by atoms with E-state index in [1.165, 1.54) is 0 Å². The average molecular weight is 539 g/mol. The number of rotatable bonds is 7. The molecule has 0 saturated carbocycles. The maximum atomic E-state index is 14.9. The number of likely N-dealkylation sites (N-methyl/N-ethyl adjacent to an activating group) is 1. The Morgan fingerprint density at radius 3 is 1.97 bits per heavy atom. The van der Waals surface area contributed by atoms with Gasteiger partial charge in [-0.05, 0) is 36.8 Å². The van der Waals surface area contributed by atoms with Crippen molar-refractivity contribution in [2.75, 3.05) is 26.9 Å². The maximum absolute atomic E-state index is 14.9. The van der Waals surface area contributed by atoms with Crippen molar-refractivity contribution in [1.82, 2.24) is 9.80 Å². The highest BCUT2D eigenvalue weighted by Crippen LogP contribution is 2.48. The van der Waals surface area contributed by atoms with Crippen LogP contribution in [0.1, 0.15) is 18.5 Å². The number of ether oxygens (including phenoxy) is 1. The molecule has 3 aromatic carbocycles. The number of carbonyl (C=O) groups is 1. The molecule has 8 heteroatoms. The van der Waals surface area contributed by atoms with Crippen LogP contribution in [-0.2, 0) is 14.1 Å². The van der Waals surface area contributed by atoms with E-state index in [9.17, 15) is 9.36 Å². The van der Waals surface area contributed by atoms with Crippen LogP contribution < -0.4 is 10.6 Å². The molecule has 4 rings (SSSR count). The Morgan fingerprint density at radius 1 is 0.944 bits per heavy atom. The van der Waals surface area contributed by atoms with Crippen molar-refractivity contribution in [2.24, 2.45) is 0 Å². The summed E-state index contributed by atoms with van der Waals surface area (Å²) in [5, 5.41) is 2.54. The number of benzene rings is 3. The highest BCUT2D eigenvalue weighted by atomic mass is 35.5. The van der Waals surface area contributed by atoms with Crippen molar-refractivity contribution >= 4 is 52.7 Å². The van der Waals surface area contributed by atoms with Gasteiger partial charge in [-0.1, -0.05) is 84.4 Å². The summed E-state index contributed by atoms with van der Waals surface area (Å²) >= 11 is 12.0. The lowest BCUT2D eigenvalue weighted by molar-refractivity contribution is -0.139. The van der Waals surface area contributed by atoms with Crippen LogP contribution in [0.25, 0.3) is 0 Å². The minimum atomic E-state index is -3.20. The number of esters is 1. The van der Waals surface area contributed by atoms with E-state index >= 15 is 0 Å². The minimum absolute atomic E-state index is 0.115. The lowest BCUT2D eigenvalue weighted by Crippen LogP contribution is -2.48. The molecule has 0 saturated heterocycles. The van der Waals surface area contributed by atoms with Crippen molar-refractivity contribution in [3.8, 4) is 0 Å². The molecule has 1 atom stereocenters. The monoisotopic (exact) mass is 538 g/mol. The first-order chi connectivity index (χ1) is 17.3. The van der Waals surface area contributed by atoms with Crippen LogP contribution in [-0.4, -0.2) is 47.7 Å². The number of halogens is 1. The van der Waals surface area contributed by atoms with Crippen molar-refractivity contribution in [2.45, 2.75) is 13.0 Å². The Balaban J connectivity index is 1.97. The summed E-state index contributed by atoms with van der Waals surface area (Å²) in [6.07, 6.45) is 0.115. The summed E-state index contributed by atoms with van der Waals surface area (Å²) < 4.78 is 20.5. The van der Waals surface area contributed by atoms with Gasteiger partial charge in [0.25, 0.3) is 0 Å². The van der Waals surface area contributed by atoms with E-state index < -0.39 is 19.2 Å². The van der Waals surface area contributed by atoms with E-state index in [0.717, 1.165) is 5.56 Å². The predicted octanol–water partition coefficient (Wildman–Crippen LogP) is 5.37. The summed E-state index contributed by atoms with van der Waals surface area (Å²) in [6, 6.07) is 25.6. The van der Waals surface area contributed by atoms with E-state index in [-0.39, 0.29) is 12.8 Å². The second-order valence-electron chi connectivity index (χ2n) is 8.56. The molecule has 1 heterocycles. The van der Waals surface area contributed by atoms with E-state index in [2.05, 4.69) is 0 Å². The van der Waals surface area contributed by atoms with Crippen LogP contribution in [0.4, 0.5) is 0 Å². The molecule has 186 valence electrons. The molecule has 0 N–H and O–H groups in total. The number of hydrogen-bond donors (Lipinski definition) is 0. The summed E-state index contributed by atoms with van der Waals surface area (Å²) in [5.41, 5.74) is 1.85. The second kappa shape index (κ2) is 11.0. The molecule has 0 unspecified atom stereocenters. The zero-order chi connectivity index (χ0) is 25.9. The van der Waals surface area contributed by atoms with Gasteiger partial charge < -0.3 is 19.1 Å². The number of allylic oxidation sites excluding steroid dienone is 1. The summed E-state index contributed by atoms with van der Waals surface area (Å²) in [7, 11) is 0.456. The topological polar surface area (TPSA) is 49.9 Å². The molecule has 0 aromatic heterocycles. The first-order valence-electron chi connectivity index (χ1n) is 11.6. The SMILES string of the molecule is CCOC(=O)C1=C(CP(=O)(c2ccccc2)c2ccccc2)N(C)C(=S)N(C)[C@@H]1c1ccc(Cl)cc1. The van der Waals surface area contributed by atoms with Crippen LogP contribution in [0.2, 0.25) is 5.02 Å². The molecule has 1 aliphatic rings. The van der Waals surface area contributed by atoms with E-state index in [1.807, 2.05) is 91.8 Å². The van der Waals surface area contributed by atoms with E-state index in [0.29, 0.717) is 32.0 Å². The number of hydrogen-bond acceptors (Lipinski definition) is 4. The molecule has 0 amide bonds. The Kier molecular flexibility index (Phi) is 7.99. The quantitative estimate of drug-likeness (QED) is 0.229. The third kappa shape index (κ3) is 4.99. The van der Waals surface area contributed by atoms with Crippen molar-refractivity contribution in [3.63, 3.8) is 0 Å². The highest BCUT2D eigenvalue weighted by Gasteiger charge is 2.42. The molecular weight excluding hydrogens is 511 g/mol. The lowest BCUT2D eigenvalue weighted by Gasteiger charge is -2.43. The van der Waals surface area contributed by atoms with Crippen LogP contribution in [0.15, 0.2) is 96.2 Å². The van der Waals surface area contributed by atoms with Crippen LogP contribution in [0.5, 0.6) is 0 Å². The van der Waals surface area contributed by atoms with Gasteiger partial charge in [-0.15, -0.1) is 0 Å². The van der Waals surface area contributed by atoms with Gasteiger partial charge in [-0.25, -0.2) is 4.79 Å². The zero-order valence-corrected chi connectivity index (χ0v) is 22.9. The van der Waals surface area contributed by atoms with Gasteiger partial charge in [0.2, 0.25) is 0 Å². The summed E-state index contributed by atoms with van der Waals surface area (Å²) in [4.78, 5) is 17.2. The second-order valence-corrected chi connectivity index (χ2v) is 12.2. The lowest BCUT2D eigenvalue weighted by atomic mass is 9.94. The average Bonchev–Trinajstić information content (AvgIpc) is 2.90. The maximum Gasteiger partial charge on any atom is 0.338 e. The minimum Gasteiger partial charge on any atom is -0.463 e. The molecule has 5 nitrogen and oxygen atoms in total. The van der Waals surface area contributed by atoms with Crippen LogP contribution in [0, 0.1) is 0 Å². The molecule has 0 radical (unpaired) electrons. The predicted molar refractivity (Wildman–Crippen MR) is 151 cm³/mol. The first kappa shape index (κ1) is 26.2. The third-order valence-electron chi connectivity index (χ3n) is 6.37. The van der Waals surface area contributed by atoms with Gasteiger partial charge in [0.1, 0.15) is 7.14 Å². The van der Waals surface area contributed by atoms with E-state index in [1.54, 1.807) is 24.0 Å². The molecule has 0 fully saturated rings. The Morgan fingerprint density at radius 2 is 1.47 bits per heavy atom. The van der Waals surface area contributed by atoms with Gasteiger partial charge >= 0.3 is 5.97 Å². The number of carbonyl (C=O) groups excluding carboxylic acids is 1. The standard InChI is InChI=1S/C28H28ClN2O3PS/c1-4-34-27(32)25-24(30(2)28(36)31(3)26(25)20-15-17-21(29)18-16-20)19-35(33,22-11-7-5-8-12-22)23-13-9-6-10-14-23/h5-18,26H,4,19H2,1-3H3/t26-/m1/s1. The summed E-state index contributed by atoms with van der Waals surface area (Å²) in [5.74, 6) is -0.457. The first-order valence-corrected chi connectivity index (χ1v) is 14.3. The largest absolute Gasteiger partial charge is 0.463 e. The number of nitrogens with zero attached hydrogens (tertiary/aromatic N) is 2. The fourth-order valence-corrected chi connectivity index (χ4v) is 7.66.